The second-order valence-corrected chi connectivity index (χ2v) is 9.50. The first kappa shape index (κ1) is 24.0. The molecule has 0 fully saturated rings. The number of anilines is 1. The summed E-state index contributed by atoms with van der Waals surface area (Å²) < 4.78 is 34.0. The number of hydrogen-bond donors (Lipinski definition) is 1. The fraction of sp³-hybridized carbons (Fsp3) is 0.111. The summed E-state index contributed by atoms with van der Waals surface area (Å²) in [6, 6.07) is 27.4. The number of pyridine rings is 1. The molecule has 0 saturated carbocycles. The van der Waals surface area contributed by atoms with Crippen LogP contribution in [0.25, 0.3) is 0 Å². The number of carbonyl (C=O) groups is 1. The van der Waals surface area contributed by atoms with Crippen LogP contribution in [0.3, 0.4) is 0 Å². The van der Waals surface area contributed by atoms with E-state index in [0.29, 0.717) is 17.1 Å². The number of aromatic nitrogens is 1. The largest absolute Gasteiger partial charge is 0.495 e. The number of carbonyl (C=O) groups excluding carboxylic acids is 1. The van der Waals surface area contributed by atoms with Crippen molar-refractivity contribution < 1.29 is 17.9 Å². The van der Waals surface area contributed by atoms with E-state index in [2.05, 4.69) is 9.71 Å². The van der Waals surface area contributed by atoms with E-state index in [4.69, 9.17) is 4.74 Å². The van der Waals surface area contributed by atoms with Gasteiger partial charge < -0.3 is 9.64 Å². The first-order chi connectivity index (χ1) is 16.9. The number of nitrogens with zero attached hydrogens (tertiary/aromatic N) is 2. The monoisotopic (exact) mass is 487 g/mol. The molecular weight excluding hydrogens is 462 g/mol. The maximum atomic E-state index is 13.5. The number of ether oxygens (including phenoxy) is 1. The van der Waals surface area contributed by atoms with Gasteiger partial charge in [-0.15, -0.1) is 0 Å². The molecule has 1 atom stereocenters. The van der Waals surface area contributed by atoms with Crippen LogP contribution in [0.15, 0.2) is 108 Å². The van der Waals surface area contributed by atoms with E-state index < -0.39 is 16.1 Å². The van der Waals surface area contributed by atoms with Gasteiger partial charge >= 0.3 is 0 Å². The predicted molar refractivity (Wildman–Crippen MR) is 135 cm³/mol. The van der Waals surface area contributed by atoms with Gasteiger partial charge in [-0.2, -0.15) is 0 Å². The van der Waals surface area contributed by atoms with E-state index in [9.17, 15) is 13.2 Å². The normalized spacial score (nSPS) is 11.9. The Hall–Kier alpha value is -4.17. The highest BCUT2D eigenvalue weighted by Gasteiger charge is 2.26. The second-order valence-electron chi connectivity index (χ2n) is 7.82. The first-order valence-electron chi connectivity index (χ1n) is 10.9. The third-order valence-electron chi connectivity index (χ3n) is 5.53. The van der Waals surface area contributed by atoms with Crippen molar-refractivity contribution in [3.63, 3.8) is 0 Å². The first-order valence-corrected chi connectivity index (χ1v) is 12.4. The Labute approximate surface area is 205 Å². The van der Waals surface area contributed by atoms with Crippen molar-refractivity contribution in [2.75, 3.05) is 18.9 Å². The summed E-state index contributed by atoms with van der Waals surface area (Å²) in [5.74, 6) is 0.0583. The smallest absolute Gasteiger partial charge is 0.262 e. The number of nitrogens with one attached hydrogen (secondary N) is 1. The van der Waals surface area contributed by atoms with Gasteiger partial charge in [0, 0.05) is 18.8 Å². The molecule has 0 radical (unpaired) electrons. The molecule has 178 valence electrons. The molecule has 1 heterocycles. The van der Waals surface area contributed by atoms with E-state index in [0.717, 1.165) is 5.56 Å². The molecule has 3 aromatic carbocycles. The van der Waals surface area contributed by atoms with Gasteiger partial charge in [0.1, 0.15) is 5.75 Å². The quantitative estimate of drug-likeness (QED) is 0.387. The molecule has 0 spiro atoms. The molecule has 8 heteroatoms. The van der Waals surface area contributed by atoms with Crippen LogP contribution in [-0.4, -0.2) is 38.4 Å². The second kappa shape index (κ2) is 10.4. The highest BCUT2D eigenvalue weighted by atomic mass is 32.2. The molecule has 1 N–H and O–H groups in total. The Morgan fingerprint density at radius 1 is 0.914 bits per heavy atom. The molecule has 1 amide bonds. The summed E-state index contributed by atoms with van der Waals surface area (Å²) in [7, 11) is -0.817. The molecule has 35 heavy (non-hydrogen) atoms. The Morgan fingerprint density at radius 2 is 1.63 bits per heavy atom. The van der Waals surface area contributed by atoms with Gasteiger partial charge in [0.15, 0.2) is 0 Å². The van der Waals surface area contributed by atoms with Gasteiger partial charge in [-0.1, -0.05) is 54.6 Å². The number of amides is 1. The van der Waals surface area contributed by atoms with Crippen LogP contribution < -0.4 is 9.46 Å². The van der Waals surface area contributed by atoms with Gasteiger partial charge in [0.05, 0.1) is 29.4 Å². The number of sulfonamides is 1. The van der Waals surface area contributed by atoms with E-state index in [1.165, 1.54) is 19.2 Å². The van der Waals surface area contributed by atoms with Crippen LogP contribution in [0.1, 0.15) is 27.7 Å². The zero-order chi connectivity index (χ0) is 24.8. The summed E-state index contributed by atoms with van der Waals surface area (Å²) in [5.41, 5.74) is 2.15. The van der Waals surface area contributed by atoms with E-state index >= 15 is 0 Å². The SMILES string of the molecule is COc1ccccc1NS(=O)(=O)c1cccc(C(=O)N(C)C(c2ccccc2)c2ccccn2)c1. The molecule has 0 aliphatic rings. The van der Waals surface area contributed by atoms with Crippen LogP contribution in [0.2, 0.25) is 0 Å². The number of benzene rings is 3. The van der Waals surface area contributed by atoms with Crippen LogP contribution in [0.5, 0.6) is 5.75 Å². The van der Waals surface area contributed by atoms with Gasteiger partial charge in [0.2, 0.25) is 0 Å². The van der Waals surface area contributed by atoms with Crippen molar-refractivity contribution in [1.82, 2.24) is 9.88 Å². The number of rotatable bonds is 8. The lowest BCUT2D eigenvalue weighted by molar-refractivity contribution is 0.0752. The van der Waals surface area contributed by atoms with Gasteiger partial charge in [0.25, 0.3) is 15.9 Å². The summed E-state index contributed by atoms with van der Waals surface area (Å²) in [4.78, 5) is 19.5. The van der Waals surface area contributed by atoms with Crippen LogP contribution in [0.4, 0.5) is 5.69 Å². The highest BCUT2D eigenvalue weighted by Crippen LogP contribution is 2.29. The molecule has 0 bridgehead atoms. The minimum atomic E-state index is -3.97. The van der Waals surface area contributed by atoms with Gasteiger partial charge in [-0.3, -0.25) is 14.5 Å². The van der Waals surface area contributed by atoms with Crippen molar-refractivity contribution in [1.29, 1.82) is 0 Å². The van der Waals surface area contributed by atoms with Crippen molar-refractivity contribution >= 4 is 21.6 Å². The molecular formula is C27H25N3O4S. The van der Waals surface area contributed by atoms with Gasteiger partial charge in [-0.05, 0) is 48.0 Å². The fourth-order valence-electron chi connectivity index (χ4n) is 3.82. The topological polar surface area (TPSA) is 88.6 Å². The van der Waals surface area contributed by atoms with Crippen LogP contribution in [0, 0.1) is 0 Å². The zero-order valence-electron chi connectivity index (χ0n) is 19.3. The minimum Gasteiger partial charge on any atom is -0.495 e. The fourth-order valence-corrected chi connectivity index (χ4v) is 4.93. The van der Waals surface area contributed by atoms with Crippen LogP contribution >= 0.6 is 0 Å². The predicted octanol–water partition coefficient (Wildman–Crippen LogP) is 4.75. The molecule has 7 nitrogen and oxygen atoms in total. The average molecular weight is 488 g/mol. The standard InChI is InChI=1S/C27H25N3O4S/c1-30(26(20-11-4-3-5-12-20)24-16-8-9-18-28-24)27(31)21-13-10-14-22(19-21)35(32,33)29-23-15-6-7-17-25(23)34-2/h3-19,26,29H,1-2H3. The molecule has 0 aliphatic heterocycles. The average Bonchev–Trinajstić information content (AvgIpc) is 2.90. The Morgan fingerprint density at radius 3 is 2.34 bits per heavy atom. The highest BCUT2D eigenvalue weighted by molar-refractivity contribution is 7.92. The third-order valence-corrected chi connectivity index (χ3v) is 6.90. The lowest BCUT2D eigenvalue weighted by Crippen LogP contribution is -2.32. The maximum Gasteiger partial charge on any atom is 0.262 e. The van der Waals surface area contributed by atoms with E-state index in [1.807, 2.05) is 48.5 Å². The van der Waals surface area contributed by atoms with Crippen molar-refractivity contribution in [3.05, 3.63) is 120 Å². The Bertz CT molecular complexity index is 1370. The molecule has 4 rings (SSSR count). The van der Waals surface area contributed by atoms with E-state index in [1.54, 1.807) is 54.5 Å². The van der Waals surface area contributed by atoms with Crippen molar-refractivity contribution in [3.8, 4) is 5.75 Å². The molecule has 1 aromatic heterocycles. The maximum absolute atomic E-state index is 13.5. The molecule has 0 saturated heterocycles. The minimum absolute atomic E-state index is 0.0308. The number of methoxy groups -OCH3 is 1. The number of hydrogen-bond acceptors (Lipinski definition) is 5. The van der Waals surface area contributed by atoms with Crippen LogP contribution in [-0.2, 0) is 10.0 Å². The molecule has 4 aromatic rings. The summed E-state index contributed by atoms with van der Waals surface area (Å²) in [6.45, 7) is 0. The Kier molecular flexibility index (Phi) is 7.12. The molecule has 0 aliphatic carbocycles. The lowest BCUT2D eigenvalue weighted by atomic mass is 10.0. The summed E-state index contributed by atoms with van der Waals surface area (Å²) in [5, 5.41) is 0. The van der Waals surface area contributed by atoms with Crippen molar-refractivity contribution in [2.24, 2.45) is 0 Å². The van der Waals surface area contributed by atoms with E-state index in [-0.39, 0.29) is 16.4 Å². The van der Waals surface area contributed by atoms with Crippen molar-refractivity contribution in [2.45, 2.75) is 10.9 Å². The number of para-hydroxylation sites is 2. The Balaban J connectivity index is 1.66. The lowest BCUT2D eigenvalue weighted by Gasteiger charge is -2.28. The zero-order valence-corrected chi connectivity index (χ0v) is 20.1. The van der Waals surface area contributed by atoms with Gasteiger partial charge in [-0.25, -0.2) is 8.42 Å². The third kappa shape index (κ3) is 5.33. The summed E-state index contributed by atoms with van der Waals surface area (Å²) in [6.07, 6.45) is 1.68. The molecule has 1 unspecified atom stereocenters. The summed E-state index contributed by atoms with van der Waals surface area (Å²) >= 11 is 0.